The molecule has 0 saturated carbocycles. The average Bonchev–Trinajstić information content (AvgIpc) is 2.66. The lowest BCUT2D eigenvalue weighted by molar-refractivity contribution is -0.115. The van der Waals surface area contributed by atoms with Gasteiger partial charge in [0.05, 0.1) is 0 Å². The van der Waals surface area contributed by atoms with Crippen molar-refractivity contribution in [3.63, 3.8) is 0 Å². The zero-order valence-corrected chi connectivity index (χ0v) is 9.78. The van der Waals surface area contributed by atoms with E-state index in [0.29, 0.717) is 12.4 Å². The number of aliphatic imine (C=N–C) groups is 1. The monoisotopic (exact) mass is 231 g/mol. The van der Waals surface area contributed by atoms with Crippen LogP contribution in [0, 0.1) is 0 Å². The zero-order chi connectivity index (χ0) is 11.9. The minimum absolute atomic E-state index is 0.115. The number of nitrogens with zero attached hydrogens (tertiary/aromatic N) is 1. The van der Waals surface area contributed by atoms with Crippen LogP contribution in [-0.2, 0) is 11.3 Å². The summed E-state index contributed by atoms with van der Waals surface area (Å²) in [5.41, 5.74) is 1.09. The third kappa shape index (κ3) is 3.59. The standard InChI is InChI=1S/C13H17N3O/c17-13(12-14-8-4-5-9-15-12)16-10-11-6-2-1-3-7-11/h1-3,6-7H,4-5,8-10H2,(H,14,15)(H,16,17). The maximum absolute atomic E-state index is 11.8. The van der Waals surface area contributed by atoms with Crippen molar-refractivity contribution in [2.45, 2.75) is 19.4 Å². The van der Waals surface area contributed by atoms with E-state index in [0.717, 1.165) is 31.5 Å². The van der Waals surface area contributed by atoms with Gasteiger partial charge < -0.3 is 10.6 Å². The number of hydrogen-bond donors (Lipinski definition) is 2. The van der Waals surface area contributed by atoms with E-state index in [-0.39, 0.29) is 5.91 Å². The molecule has 0 atom stereocenters. The number of benzene rings is 1. The van der Waals surface area contributed by atoms with Gasteiger partial charge in [-0.1, -0.05) is 30.3 Å². The quantitative estimate of drug-likeness (QED) is 0.818. The summed E-state index contributed by atoms with van der Waals surface area (Å²) in [4.78, 5) is 16.0. The molecule has 4 nitrogen and oxygen atoms in total. The van der Waals surface area contributed by atoms with Gasteiger partial charge in [-0.15, -0.1) is 0 Å². The molecular weight excluding hydrogens is 214 g/mol. The van der Waals surface area contributed by atoms with Gasteiger partial charge in [-0.25, -0.2) is 0 Å². The molecular formula is C13H17N3O. The highest BCUT2D eigenvalue weighted by molar-refractivity contribution is 6.37. The summed E-state index contributed by atoms with van der Waals surface area (Å²) < 4.78 is 0. The smallest absolute Gasteiger partial charge is 0.286 e. The molecule has 17 heavy (non-hydrogen) atoms. The molecule has 0 bridgehead atoms. The first kappa shape index (κ1) is 11.6. The van der Waals surface area contributed by atoms with E-state index in [1.807, 2.05) is 30.3 Å². The number of amidine groups is 1. The fraction of sp³-hybridized carbons (Fsp3) is 0.385. The SMILES string of the molecule is O=C(NCc1ccccc1)C1=NCCCCN1. The summed E-state index contributed by atoms with van der Waals surface area (Å²) in [6, 6.07) is 9.86. The van der Waals surface area contributed by atoms with Crippen molar-refractivity contribution < 1.29 is 4.79 Å². The van der Waals surface area contributed by atoms with Crippen LogP contribution in [0.2, 0.25) is 0 Å². The molecule has 0 aliphatic carbocycles. The van der Waals surface area contributed by atoms with Gasteiger partial charge in [0.15, 0.2) is 5.84 Å². The highest BCUT2D eigenvalue weighted by Gasteiger charge is 2.11. The largest absolute Gasteiger partial charge is 0.366 e. The molecule has 0 unspecified atom stereocenters. The highest BCUT2D eigenvalue weighted by Crippen LogP contribution is 1.98. The van der Waals surface area contributed by atoms with Crippen LogP contribution in [0.4, 0.5) is 0 Å². The third-order valence-corrected chi connectivity index (χ3v) is 2.66. The molecule has 0 spiro atoms. The van der Waals surface area contributed by atoms with Crippen molar-refractivity contribution in [1.82, 2.24) is 10.6 Å². The number of rotatable bonds is 3. The van der Waals surface area contributed by atoms with E-state index < -0.39 is 0 Å². The summed E-state index contributed by atoms with van der Waals surface area (Å²) in [7, 11) is 0. The Morgan fingerprint density at radius 3 is 2.94 bits per heavy atom. The molecule has 1 amide bonds. The lowest BCUT2D eigenvalue weighted by atomic mass is 10.2. The van der Waals surface area contributed by atoms with Crippen LogP contribution in [0.1, 0.15) is 18.4 Å². The second-order valence-corrected chi connectivity index (χ2v) is 4.03. The maximum atomic E-state index is 11.8. The number of amides is 1. The van der Waals surface area contributed by atoms with Gasteiger partial charge in [0.25, 0.3) is 5.91 Å². The third-order valence-electron chi connectivity index (χ3n) is 2.66. The summed E-state index contributed by atoms with van der Waals surface area (Å²) in [5, 5.41) is 5.92. The zero-order valence-electron chi connectivity index (χ0n) is 9.78. The van der Waals surface area contributed by atoms with Crippen LogP contribution in [-0.4, -0.2) is 24.8 Å². The van der Waals surface area contributed by atoms with Gasteiger partial charge in [-0.3, -0.25) is 9.79 Å². The lowest BCUT2D eigenvalue weighted by Gasteiger charge is -2.08. The first-order valence-electron chi connectivity index (χ1n) is 5.97. The second kappa shape index (κ2) is 6.03. The molecule has 0 fully saturated rings. The predicted octanol–water partition coefficient (Wildman–Crippen LogP) is 1.08. The van der Waals surface area contributed by atoms with Crippen molar-refractivity contribution in [2.75, 3.05) is 13.1 Å². The molecule has 2 rings (SSSR count). The van der Waals surface area contributed by atoms with Crippen LogP contribution < -0.4 is 10.6 Å². The van der Waals surface area contributed by atoms with Gasteiger partial charge >= 0.3 is 0 Å². The van der Waals surface area contributed by atoms with Gasteiger partial charge in [0.2, 0.25) is 0 Å². The van der Waals surface area contributed by atoms with Crippen LogP contribution in [0.3, 0.4) is 0 Å². The number of nitrogens with one attached hydrogen (secondary N) is 2. The van der Waals surface area contributed by atoms with Gasteiger partial charge in [-0.05, 0) is 18.4 Å². The molecule has 0 aromatic heterocycles. The minimum Gasteiger partial charge on any atom is -0.366 e. The Morgan fingerprint density at radius 2 is 2.12 bits per heavy atom. The summed E-state index contributed by atoms with van der Waals surface area (Å²) in [5.74, 6) is 0.356. The first-order valence-corrected chi connectivity index (χ1v) is 5.97. The Balaban J connectivity index is 1.86. The lowest BCUT2D eigenvalue weighted by Crippen LogP contribution is -2.39. The molecule has 2 N–H and O–H groups in total. The Bertz CT molecular complexity index is 400. The first-order chi connectivity index (χ1) is 8.36. The topological polar surface area (TPSA) is 53.5 Å². The summed E-state index contributed by atoms with van der Waals surface area (Å²) in [6.07, 6.45) is 2.11. The fourth-order valence-electron chi connectivity index (χ4n) is 1.70. The molecule has 1 aliphatic rings. The molecule has 1 heterocycles. The molecule has 0 saturated heterocycles. The van der Waals surface area contributed by atoms with E-state index in [1.54, 1.807) is 0 Å². The Hall–Kier alpha value is -1.84. The highest BCUT2D eigenvalue weighted by atomic mass is 16.2. The Labute approximate surface area is 101 Å². The van der Waals surface area contributed by atoms with Gasteiger partial charge in [0.1, 0.15) is 0 Å². The number of carbonyl (C=O) groups excluding carboxylic acids is 1. The molecule has 1 aromatic carbocycles. The fourth-order valence-corrected chi connectivity index (χ4v) is 1.70. The van der Waals surface area contributed by atoms with Gasteiger partial charge in [0, 0.05) is 19.6 Å². The Kier molecular flexibility index (Phi) is 4.13. The maximum Gasteiger partial charge on any atom is 0.286 e. The van der Waals surface area contributed by atoms with E-state index in [9.17, 15) is 4.79 Å². The molecule has 1 aliphatic heterocycles. The van der Waals surface area contributed by atoms with E-state index in [2.05, 4.69) is 15.6 Å². The van der Waals surface area contributed by atoms with Crippen molar-refractivity contribution in [3.05, 3.63) is 35.9 Å². The minimum atomic E-state index is -0.115. The van der Waals surface area contributed by atoms with Crippen molar-refractivity contribution in [2.24, 2.45) is 4.99 Å². The predicted molar refractivity (Wildman–Crippen MR) is 67.8 cm³/mol. The van der Waals surface area contributed by atoms with E-state index in [4.69, 9.17) is 0 Å². The van der Waals surface area contributed by atoms with Crippen molar-refractivity contribution >= 4 is 11.7 Å². The van der Waals surface area contributed by atoms with Crippen LogP contribution in [0.5, 0.6) is 0 Å². The van der Waals surface area contributed by atoms with Crippen LogP contribution in [0.25, 0.3) is 0 Å². The average molecular weight is 231 g/mol. The molecule has 1 aromatic rings. The van der Waals surface area contributed by atoms with Crippen LogP contribution >= 0.6 is 0 Å². The van der Waals surface area contributed by atoms with E-state index >= 15 is 0 Å². The van der Waals surface area contributed by atoms with Crippen molar-refractivity contribution in [1.29, 1.82) is 0 Å². The van der Waals surface area contributed by atoms with Crippen molar-refractivity contribution in [3.8, 4) is 0 Å². The van der Waals surface area contributed by atoms with Gasteiger partial charge in [-0.2, -0.15) is 0 Å². The molecule has 90 valence electrons. The Morgan fingerprint density at radius 1 is 1.29 bits per heavy atom. The van der Waals surface area contributed by atoms with Crippen LogP contribution in [0.15, 0.2) is 35.3 Å². The number of carbonyl (C=O) groups is 1. The van der Waals surface area contributed by atoms with E-state index in [1.165, 1.54) is 0 Å². The molecule has 0 radical (unpaired) electrons. The summed E-state index contributed by atoms with van der Waals surface area (Å²) in [6.45, 7) is 2.11. The normalized spacial score (nSPS) is 15.4. The molecule has 4 heteroatoms. The number of hydrogen-bond acceptors (Lipinski definition) is 3. The summed E-state index contributed by atoms with van der Waals surface area (Å²) >= 11 is 0. The second-order valence-electron chi connectivity index (χ2n) is 4.03.